The molecule has 2 heterocycles. The number of aromatic nitrogens is 4. The monoisotopic (exact) mass is 207 g/mol. The Balaban J connectivity index is 1.98. The fourth-order valence-corrected chi connectivity index (χ4v) is 0.988. The Morgan fingerprint density at radius 1 is 1.40 bits per heavy atom. The average Bonchev–Trinajstić information content (AvgIpc) is 2.79. The molecule has 0 radical (unpaired) electrons. The number of methoxy groups -OCH3 is 1. The normalized spacial score (nSPS) is 9.93. The van der Waals surface area contributed by atoms with Gasteiger partial charge in [-0.2, -0.15) is 4.98 Å². The van der Waals surface area contributed by atoms with Crippen molar-refractivity contribution < 1.29 is 9.26 Å². The molecule has 2 aromatic rings. The third kappa shape index (κ3) is 2.39. The minimum Gasteiger partial charge on any atom is -0.481 e. The van der Waals surface area contributed by atoms with E-state index < -0.39 is 0 Å². The number of nitrogens with zero attached hydrogens (tertiary/aromatic N) is 4. The summed E-state index contributed by atoms with van der Waals surface area (Å²) < 4.78 is 9.54. The van der Waals surface area contributed by atoms with Gasteiger partial charge in [-0.1, -0.05) is 5.16 Å². The van der Waals surface area contributed by atoms with Crippen LogP contribution in [0, 0.1) is 0 Å². The molecule has 0 atom stereocenters. The Bertz CT molecular complexity index is 417. The van der Waals surface area contributed by atoms with Crippen LogP contribution in [-0.4, -0.2) is 27.2 Å². The molecule has 1 N–H and O–H groups in total. The predicted molar refractivity (Wildman–Crippen MR) is 50.2 cm³/mol. The standard InChI is InChI=1S/C8H9N5O2/c1-14-8-2-6(10-4-11-8)9-3-7-12-5-15-13-7/h2,4-5H,3H2,1H3,(H,9,10,11). The summed E-state index contributed by atoms with van der Waals surface area (Å²) in [6.45, 7) is 0.441. The minimum atomic E-state index is 0.441. The van der Waals surface area contributed by atoms with Gasteiger partial charge in [0.05, 0.1) is 13.7 Å². The molecule has 7 heteroatoms. The van der Waals surface area contributed by atoms with Crippen molar-refractivity contribution >= 4 is 5.82 Å². The van der Waals surface area contributed by atoms with Crippen LogP contribution in [-0.2, 0) is 6.54 Å². The maximum Gasteiger partial charge on any atom is 0.218 e. The van der Waals surface area contributed by atoms with E-state index in [1.165, 1.54) is 12.7 Å². The summed E-state index contributed by atoms with van der Waals surface area (Å²) in [5.74, 6) is 1.71. The van der Waals surface area contributed by atoms with Crippen molar-refractivity contribution in [3.63, 3.8) is 0 Å². The van der Waals surface area contributed by atoms with E-state index in [-0.39, 0.29) is 0 Å². The zero-order chi connectivity index (χ0) is 10.5. The fraction of sp³-hybridized carbons (Fsp3) is 0.250. The number of anilines is 1. The van der Waals surface area contributed by atoms with Gasteiger partial charge < -0.3 is 14.6 Å². The van der Waals surface area contributed by atoms with Crippen molar-refractivity contribution in [3.05, 3.63) is 24.6 Å². The van der Waals surface area contributed by atoms with E-state index in [0.29, 0.717) is 24.1 Å². The fourth-order valence-electron chi connectivity index (χ4n) is 0.988. The molecule has 0 aliphatic carbocycles. The molecule has 15 heavy (non-hydrogen) atoms. The van der Waals surface area contributed by atoms with Crippen LogP contribution in [0.1, 0.15) is 5.82 Å². The number of hydrogen-bond donors (Lipinski definition) is 1. The third-order valence-electron chi connectivity index (χ3n) is 1.69. The lowest BCUT2D eigenvalue weighted by atomic mass is 10.5. The summed E-state index contributed by atoms with van der Waals surface area (Å²) in [5, 5.41) is 6.66. The first-order valence-electron chi connectivity index (χ1n) is 4.23. The first-order valence-corrected chi connectivity index (χ1v) is 4.23. The van der Waals surface area contributed by atoms with Gasteiger partial charge in [0, 0.05) is 6.07 Å². The van der Waals surface area contributed by atoms with Gasteiger partial charge in [-0.05, 0) is 0 Å². The maximum atomic E-state index is 4.95. The predicted octanol–water partition coefficient (Wildman–Crippen LogP) is 0.480. The molecule has 0 saturated carbocycles. The van der Waals surface area contributed by atoms with Crippen LogP contribution < -0.4 is 10.1 Å². The summed E-state index contributed by atoms with van der Waals surface area (Å²) in [6.07, 6.45) is 2.69. The largest absolute Gasteiger partial charge is 0.481 e. The smallest absolute Gasteiger partial charge is 0.218 e. The van der Waals surface area contributed by atoms with Gasteiger partial charge in [0.15, 0.2) is 5.82 Å². The van der Waals surface area contributed by atoms with Gasteiger partial charge in [0.25, 0.3) is 0 Å². The lowest BCUT2D eigenvalue weighted by molar-refractivity contribution is 0.397. The molecule has 0 fully saturated rings. The Morgan fingerprint density at radius 2 is 2.33 bits per heavy atom. The zero-order valence-electron chi connectivity index (χ0n) is 8.04. The second kappa shape index (κ2) is 4.36. The van der Waals surface area contributed by atoms with Crippen molar-refractivity contribution in [1.29, 1.82) is 0 Å². The molecule has 2 rings (SSSR count). The Labute approximate surface area is 85.5 Å². The molecule has 78 valence electrons. The van der Waals surface area contributed by atoms with Gasteiger partial charge >= 0.3 is 0 Å². The van der Waals surface area contributed by atoms with Crippen LogP contribution in [0.3, 0.4) is 0 Å². The molecule has 0 bridgehead atoms. The van der Waals surface area contributed by atoms with E-state index in [0.717, 1.165) is 0 Å². The zero-order valence-corrected chi connectivity index (χ0v) is 8.04. The number of nitrogens with one attached hydrogen (secondary N) is 1. The van der Waals surface area contributed by atoms with Crippen LogP contribution in [0.2, 0.25) is 0 Å². The molecular weight excluding hydrogens is 198 g/mol. The SMILES string of the molecule is COc1cc(NCc2ncon2)ncn1. The molecule has 0 amide bonds. The number of rotatable bonds is 4. The highest BCUT2D eigenvalue weighted by Crippen LogP contribution is 2.10. The third-order valence-corrected chi connectivity index (χ3v) is 1.69. The maximum absolute atomic E-state index is 4.95. The second-order valence-electron chi connectivity index (χ2n) is 2.65. The Kier molecular flexibility index (Phi) is 2.72. The van der Waals surface area contributed by atoms with Crippen molar-refractivity contribution in [1.82, 2.24) is 20.1 Å². The summed E-state index contributed by atoms with van der Waals surface area (Å²) in [5.41, 5.74) is 0. The summed E-state index contributed by atoms with van der Waals surface area (Å²) in [6, 6.07) is 1.68. The van der Waals surface area contributed by atoms with E-state index >= 15 is 0 Å². The van der Waals surface area contributed by atoms with Crippen LogP contribution in [0.25, 0.3) is 0 Å². The highest BCUT2D eigenvalue weighted by molar-refractivity contribution is 5.36. The molecule has 0 aliphatic heterocycles. The Morgan fingerprint density at radius 3 is 3.07 bits per heavy atom. The Hall–Kier alpha value is -2.18. The van der Waals surface area contributed by atoms with Crippen molar-refractivity contribution in [2.24, 2.45) is 0 Å². The van der Waals surface area contributed by atoms with Gasteiger partial charge in [-0.3, -0.25) is 0 Å². The number of ether oxygens (including phenoxy) is 1. The van der Waals surface area contributed by atoms with E-state index in [1.54, 1.807) is 13.2 Å². The van der Waals surface area contributed by atoms with Crippen LogP contribution in [0.4, 0.5) is 5.82 Å². The molecule has 2 aromatic heterocycles. The van der Waals surface area contributed by atoms with Crippen molar-refractivity contribution in [3.8, 4) is 5.88 Å². The minimum absolute atomic E-state index is 0.441. The van der Waals surface area contributed by atoms with Gasteiger partial charge in [0.2, 0.25) is 12.3 Å². The molecule has 7 nitrogen and oxygen atoms in total. The summed E-state index contributed by atoms with van der Waals surface area (Å²) >= 11 is 0. The van der Waals surface area contributed by atoms with E-state index in [2.05, 4.69) is 29.9 Å². The van der Waals surface area contributed by atoms with E-state index in [4.69, 9.17) is 4.74 Å². The first-order chi connectivity index (χ1) is 7.38. The highest BCUT2D eigenvalue weighted by Gasteiger charge is 2.00. The molecule has 0 saturated heterocycles. The van der Waals surface area contributed by atoms with Gasteiger partial charge in [0.1, 0.15) is 12.1 Å². The number of hydrogen-bond acceptors (Lipinski definition) is 7. The van der Waals surface area contributed by atoms with Gasteiger partial charge in [-0.25, -0.2) is 9.97 Å². The molecule has 0 unspecified atom stereocenters. The van der Waals surface area contributed by atoms with Crippen LogP contribution in [0.5, 0.6) is 5.88 Å². The van der Waals surface area contributed by atoms with Crippen LogP contribution in [0.15, 0.2) is 23.3 Å². The lowest BCUT2D eigenvalue weighted by Crippen LogP contribution is -2.03. The van der Waals surface area contributed by atoms with Crippen molar-refractivity contribution in [2.75, 3.05) is 12.4 Å². The van der Waals surface area contributed by atoms with E-state index in [9.17, 15) is 0 Å². The second-order valence-corrected chi connectivity index (χ2v) is 2.65. The molecular formula is C8H9N5O2. The van der Waals surface area contributed by atoms with Crippen LogP contribution >= 0.6 is 0 Å². The highest BCUT2D eigenvalue weighted by atomic mass is 16.5. The topological polar surface area (TPSA) is 86.0 Å². The lowest BCUT2D eigenvalue weighted by Gasteiger charge is -2.03. The molecule has 0 spiro atoms. The average molecular weight is 207 g/mol. The summed E-state index contributed by atoms with van der Waals surface area (Å²) in [7, 11) is 1.55. The first kappa shape index (κ1) is 9.38. The molecule has 0 aliphatic rings. The van der Waals surface area contributed by atoms with Gasteiger partial charge in [-0.15, -0.1) is 0 Å². The molecule has 0 aromatic carbocycles. The quantitative estimate of drug-likeness (QED) is 0.780. The summed E-state index contributed by atoms with van der Waals surface area (Å²) in [4.78, 5) is 11.7. The van der Waals surface area contributed by atoms with E-state index in [1.807, 2.05) is 0 Å². The van der Waals surface area contributed by atoms with Crippen molar-refractivity contribution in [2.45, 2.75) is 6.54 Å².